The van der Waals surface area contributed by atoms with E-state index in [4.69, 9.17) is 4.74 Å². The van der Waals surface area contributed by atoms with Crippen LogP contribution in [0.1, 0.15) is 25.1 Å². The molecule has 0 saturated heterocycles. The van der Waals surface area contributed by atoms with Crippen molar-refractivity contribution >= 4 is 27.0 Å². The van der Waals surface area contributed by atoms with E-state index < -0.39 is 21.3 Å². The highest BCUT2D eigenvalue weighted by Crippen LogP contribution is 2.41. The van der Waals surface area contributed by atoms with E-state index in [0.717, 1.165) is 6.26 Å². The number of carbonyl (C=O) groups excluding carboxylic acids is 1. The molecule has 7 heteroatoms. The van der Waals surface area contributed by atoms with Crippen LogP contribution >= 0.6 is 0 Å². The second-order valence-corrected chi connectivity index (χ2v) is 8.29. The lowest BCUT2D eigenvalue weighted by atomic mass is 9.93. The zero-order valence-corrected chi connectivity index (χ0v) is 14.7. The van der Waals surface area contributed by atoms with Gasteiger partial charge in [-0.25, -0.2) is 12.8 Å². The number of benzene rings is 1. The fourth-order valence-corrected chi connectivity index (χ4v) is 3.14. The Labute approximate surface area is 145 Å². The molecule has 3 rings (SSSR count). The molecule has 0 amide bonds. The summed E-state index contributed by atoms with van der Waals surface area (Å²) in [4.78, 5) is 16.9. The number of sulfone groups is 1. The van der Waals surface area contributed by atoms with Crippen molar-refractivity contribution in [2.45, 2.75) is 24.3 Å². The first-order valence-electron chi connectivity index (χ1n) is 7.51. The fourth-order valence-electron chi connectivity index (χ4n) is 2.58. The molecule has 25 heavy (non-hydrogen) atoms. The van der Waals surface area contributed by atoms with E-state index in [0.29, 0.717) is 0 Å². The molecule has 130 valence electrons. The van der Waals surface area contributed by atoms with Crippen LogP contribution in [-0.2, 0) is 19.4 Å². The van der Waals surface area contributed by atoms with Crippen molar-refractivity contribution in [3.8, 4) is 0 Å². The number of Topliss-reactive ketones (excluding diaryl/α,β-unsaturated/α-hetero) is 1. The summed E-state index contributed by atoms with van der Waals surface area (Å²) in [6.45, 7) is 3.18. The third kappa shape index (κ3) is 3.07. The molecule has 0 unspecified atom stereocenters. The predicted molar refractivity (Wildman–Crippen MR) is 90.7 cm³/mol. The third-order valence-corrected chi connectivity index (χ3v) is 5.00. The van der Waals surface area contributed by atoms with Gasteiger partial charge >= 0.3 is 0 Å². The normalized spacial score (nSPS) is 16.9. The molecule has 2 heterocycles. The van der Waals surface area contributed by atoms with Crippen LogP contribution in [0.3, 0.4) is 0 Å². The molecule has 0 N–H and O–H groups in total. The van der Waals surface area contributed by atoms with Crippen LogP contribution in [0.4, 0.5) is 4.39 Å². The van der Waals surface area contributed by atoms with Crippen LogP contribution in [0.2, 0.25) is 0 Å². The molecule has 1 aliphatic heterocycles. The van der Waals surface area contributed by atoms with Crippen molar-refractivity contribution in [3.05, 3.63) is 59.7 Å². The molecule has 0 atom stereocenters. The Morgan fingerprint density at radius 2 is 1.80 bits per heavy atom. The summed E-state index contributed by atoms with van der Waals surface area (Å²) in [5, 5.41) is 0. The van der Waals surface area contributed by atoms with Gasteiger partial charge in [-0.15, -0.1) is 0 Å². The number of pyridine rings is 1. The van der Waals surface area contributed by atoms with Crippen molar-refractivity contribution in [3.63, 3.8) is 0 Å². The Bertz CT molecular complexity index is 992. The topological polar surface area (TPSA) is 73.3 Å². The molecule has 0 fully saturated rings. The first-order valence-corrected chi connectivity index (χ1v) is 9.40. The molecular formula is C18H16FNO4S. The smallest absolute Gasteiger partial charge is 0.210 e. The van der Waals surface area contributed by atoms with E-state index >= 15 is 0 Å². The number of ether oxygens (including phenoxy) is 1. The Balaban J connectivity index is 2.19. The lowest BCUT2D eigenvalue weighted by molar-refractivity contribution is -0.125. The van der Waals surface area contributed by atoms with Crippen molar-refractivity contribution in [1.29, 1.82) is 0 Å². The zero-order valence-electron chi connectivity index (χ0n) is 13.9. The van der Waals surface area contributed by atoms with Gasteiger partial charge < -0.3 is 4.74 Å². The van der Waals surface area contributed by atoms with Crippen molar-refractivity contribution < 1.29 is 22.3 Å². The summed E-state index contributed by atoms with van der Waals surface area (Å²) in [7, 11) is -3.40. The number of halogens is 1. The number of aromatic nitrogens is 1. The summed E-state index contributed by atoms with van der Waals surface area (Å²) < 4.78 is 43.1. The Morgan fingerprint density at radius 1 is 1.12 bits per heavy atom. The molecule has 0 spiro atoms. The molecule has 0 radical (unpaired) electrons. The largest absolute Gasteiger partial charge is 0.477 e. The van der Waals surface area contributed by atoms with Crippen LogP contribution < -0.4 is 0 Å². The van der Waals surface area contributed by atoms with Crippen molar-refractivity contribution in [2.24, 2.45) is 0 Å². The van der Waals surface area contributed by atoms with E-state index in [2.05, 4.69) is 4.98 Å². The van der Waals surface area contributed by atoms with E-state index in [1.807, 2.05) is 0 Å². The Morgan fingerprint density at radius 3 is 2.36 bits per heavy atom. The van der Waals surface area contributed by atoms with E-state index in [9.17, 15) is 17.6 Å². The minimum atomic E-state index is -3.40. The lowest BCUT2D eigenvalue weighted by Gasteiger charge is -2.17. The molecule has 1 aliphatic rings. The molecule has 2 aromatic rings. The summed E-state index contributed by atoms with van der Waals surface area (Å²) in [6.07, 6.45) is 2.27. The van der Waals surface area contributed by atoms with Crippen LogP contribution in [-0.4, -0.2) is 31.0 Å². The van der Waals surface area contributed by atoms with Gasteiger partial charge in [0.15, 0.2) is 21.2 Å². The number of hydrogen-bond acceptors (Lipinski definition) is 5. The monoisotopic (exact) mass is 361 g/mol. The summed E-state index contributed by atoms with van der Waals surface area (Å²) >= 11 is 0. The van der Waals surface area contributed by atoms with E-state index in [-0.39, 0.29) is 33.3 Å². The number of nitrogens with zero attached hydrogens (tertiary/aromatic N) is 1. The van der Waals surface area contributed by atoms with Crippen molar-refractivity contribution in [2.75, 3.05) is 6.26 Å². The zero-order chi connectivity index (χ0) is 18.4. The molecule has 0 saturated carbocycles. The van der Waals surface area contributed by atoms with Gasteiger partial charge in [-0.2, -0.15) is 0 Å². The quantitative estimate of drug-likeness (QED) is 0.840. The number of carbonyl (C=O) groups is 1. The van der Waals surface area contributed by atoms with Gasteiger partial charge in [0.05, 0.1) is 10.5 Å². The van der Waals surface area contributed by atoms with Crippen LogP contribution in [0, 0.1) is 5.82 Å². The van der Waals surface area contributed by atoms with Gasteiger partial charge in [0, 0.05) is 18.0 Å². The van der Waals surface area contributed by atoms with Gasteiger partial charge in [-0.3, -0.25) is 9.78 Å². The first-order chi connectivity index (χ1) is 11.6. The molecule has 5 nitrogen and oxygen atoms in total. The first kappa shape index (κ1) is 17.3. The maximum atomic E-state index is 14.2. The lowest BCUT2D eigenvalue weighted by Crippen LogP contribution is -2.29. The minimum Gasteiger partial charge on any atom is -0.477 e. The van der Waals surface area contributed by atoms with Crippen molar-refractivity contribution in [1.82, 2.24) is 4.98 Å². The average molecular weight is 361 g/mol. The maximum Gasteiger partial charge on any atom is 0.210 e. The second-order valence-electron chi connectivity index (χ2n) is 6.28. The number of ketones is 1. The average Bonchev–Trinajstić information content (AvgIpc) is 2.78. The van der Waals surface area contributed by atoms with Crippen LogP contribution in [0.25, 0.3) is 11.3 Å². The molecule has 1 aromatic heterocycles. The molecule has 1 aromatic carbocycles. The molecule has 0 aliphatic carbocycles. The summed E-state index contributed by atoms with van der Waals surface area (Å²) in [5.74, 6) is -0.765. The highest BCUT2D eigenvalue weighted by molar-refractivity contribution is 7.90. The Kier molecular flexibility index (Phi) is 3.99. The van der Waals surface area contributed by atoms with E-state index in [1.54, 1.807) is 19.9 Å². The second kappa shape index (κ2) is 5.77. The van der Waals surface area contributed by atoms with Gasteiger partial charge in [-0.05, 0) is 32.0 Å². The standard InChI is InChI=1S/C18H16FNO4S/c1-18(2)17(21)15(12-6-4-5-7-13(12)19)16(24-18)14-9-8-11(10-20-14)25(3,22)23/h4-10H,1-3H3. The predicted octanol–water partition coefficient (Wildman–Crippen LogP) is 2.87. The third-order valence-electron chi connectivity index (χ3n) is 3.90. The minimum absolute atomic E-state index is 0.0490. The van der Waals surface area contributed by atoms with Crippen LogP contribution in [0.5, 0.6) is 0 Å². The van der Waals surface area contributed by atoms with Crippen LogP contribution in [0.15, 0.2) is 47.5 Å². The van der Waals surface area contributed by atoms with Gasteiger partial charge in [0.2, 0.25) is 5.78 Å². The highest BCUT2D eigenvalue weighted by atomic mass is 32.2. The SMILES string of the molecule is CC1(C)OC(c2ccc(S(C)(=O)=O)cn2)=C(c2ccccc2F)C1=O. The number of rotatable bonds is 3. The van der Waals surface area contributed by atoms with Gasteiger partial charge in [0.1, 0.15) is 11.5 Å². The summed E-state index contributed by atoms with van der Waals surface area (Å²) in [6, 6.07) is 8.74. The number of hydrogen-bond donors (Lipinski definition) is 0. The maximum absolute atomic E-state index is 14.2. The summed E-state index contributed by atoms with van der Waals surface area (Å²) in [5.41, 5.74) is -0.668. The molecule has 0 bridgehead atoms. The van der Waals surface area contributed by atoms with Gasteiger partial charge in [0.25, 0.3) is 0 Å². The Hall–Kier alpha value is -2.54. The van der Waals surface area contributed by atoms with E-state index in [1.165, 1.54) is 36.5 Å². The van der Waals surface area contributed by atoms with Gasteiger partial charge in [-0.1, -0.05) is 18.2 Å². The molecular weight excluding hydrogens is 345 g/mol. The fraction of sp³-hybridized carbons (Fsp3) is 0.222. The highest BCUT2D eigenvalue weighted by Gasteiger charge is 2.44.